The van der Waals surface area contributed by atoms with Crippen molar-refractivity contribution in [2.45, 2.75) is 41.0 Å². The van der Waals surface area contributed by atoms with E-state index in [0.717, 1.165) is 19.5 Å². The van der Waals surface area contributed by atoms with E-state index < -0.39 is 5.41 Å². The Bertz CT molecular complexity index is 320. The van der Waals surface area contributed by atoms with Gasteiger partial charge >= 0.3 is 0 Å². The lowest BCUT2D eigenvalue weighted by Crippen LogP contribution is -2.39. The summed E-state index contributed by atoms with van der Waals surface area (Å²) in [6.07, 6.45) is 1.05. The van der Waals surface area contributed by atoms with Crippen LogP contribution in [0.2, 0.25) is 0 Å². The highest BCUT2D eigenvalue weighted by Crippen LogP contribution is 2.35. The summed E-state index contributed by atoms with van der Waals surface area (Å²) in [5.41, 5.74) is -0.640. The van der Waals surface area contributed by atoms with Crippen LogP contribution in [0.15, 0.2) is 0 Å². The number of nitriles is 1. The van der Waals surface area contributed by atoms with Crippen LogP contribution in [-0.4, -0.2) is 23.9 Å². The van der Waals surface area contributed by atoms with Gasteiger partial charge in [0, 0.05) is 13.1 Å². The second-order valence-corrected chi connectivity index (χ2v) is 6.34. The predicted molar refractivity (Wildman–Crippen MR) is 63.5 cm³/mol. The van der Waals surface area contributed by atoms with Crippen molar-refractivity contribution in [3.63, 3.8) is 0 Å². The second kappa shape index (κ2) is 4.08. The topological polar surface area (TPSA) is 44.1 Å². The lowest BCUT2D eigenvalue weighted by atomic mass is 9.80. The molecule has 1 rings (SSSR count). The third kappa shape index (κ3) is 2.55. The molecule has 90 valence electrons. The van der Waals surface area contributed by atoms with Crippen LogP contribution in [-0.2, 0) is 4.79 Å². The minimum absolute atomic E-state index is 0.0262. The van der Waals surface area contributed by atoms with E-state index in [2.05, 4.69) is 26.8 Å². The maximum Gasteiger partial charge on any atom is 0.242 e. The van der Waals surface area contributed by atoms with E-state index in [-0.39, 0.29) is 11.3 Å². The molecule has 1 amide bonds. The minimum Gasteiger partial charge on any atom is -0.341 e. The van der Waals surface area contributed by atoms with Crippen LogP contribution in [0.4, 0.5) is 0 Å². The molecule has 1 aliphatic heterocycles. The first-order valence-electron chi connectivity index (χ1n) is 5.89. The fraction of sp³-hybridized carbons (Fsp3) is 0.846. The lowest BCUT2D eigenvalue weighted by molar-refractivity contribution is -0.136. The summed E-state index contributed by atoms with van der Waals surface area (Å²) in [5.74, 6) is 0.521. The van der Waals surface area contributed by atoms with Gasteiger partial charge < -0.3 is 4.90 Å². The Labute approximate surface area is 98.4 Å². The third-order valence-corrected chi connectivity index (χ3v) is 3.51. The molecular weight excluding hydrogens is 200 g/mol. The smallest absolute Gasteiger partial charge is 0.242 e. The highest BCUT2D eigenvalue weighted by atomic mass is 16.2. The van der Waals surface area contributed by atoms with Crippen LogP contribution in [0, 0.1) is 28.1 Å². The standard InChI is InChI=1S/C13H22N2O/c1-12(2,3)10-6-7-15(8-10)11(16)13(4,5)9-14/h10H,6-8H2,1-5H3. The van der Waals surface area contributed by atoms with Crippen LogP contribution in [0.25, 0.3) is 0 Å². The van der Waals surface area contributed by atoms with Crippen molar-refractivity contribution >= 4 is 5.91 Å². The summed E-state index contributed by atoms with van der Waals surface area (Å²) in [6, 6.07) is 2.08. The Balaban J connectivity index is 2.69. The van der Waals surface area contributed by atoms with Gasteiger partial charge in [-0.05, 0) is 31.6 Å². The lowest BCUT2D eigenvalue weighted by Gasteiger charge is -2.28. The van der Waals surface area contributed by atoms with Crippen molar-refractivity contribution in [1.82, 2.24) is 4.90 Å². The van der Waals surface area contributed by atoms with Crippen LogP contribution in [0.3, 0.4) is 0 Å². The zero-order valence-electron chi connectivity index (χ0n) is 11.0. The van der Waals surface area contributed by atoms with E-state index in [1.807, 2.05) is 4.90 Å². The molecule has 1 aliphatic rings. The molecule has 0 N–H and O–H groups in total. The number of nitrogens with zero attached hydrogens (tertiary/aromatic N) is 2. The zero-order chi connectivity index (χ0) is 12.6. The summed E-state index contributed by atoms with van der Waals surface area (Å²) in [6.45, 7) is 11.6. The summed E-state index contributed by atoms with van der Waals surface area (Å²) in [5, 5.41) is 8.95. The Kier molecular flexibility index (Phi) is 3.33. The van der Waals surface area contributed by atoms with Gasteiger partial charge in [-0.25, -0.2) is 0 Å². The summed E-state index contributed by atoms with van der Waals surface area (Å²) in [4.78, 5) is 13.9. The van der Waals surface area contributed by atoms with E-state index in [1.165, 1.54) is 0 Å². The molecule has 1 fully saturated rings. The fourth-order valence-electron chi connectivity index (χ4n) is 2.09. The molecule has 16 heavy (non-hydrogen) atoms. The van der Waals surface area contributed by atoms with Crippen LogP contribution in [0.1, 0.15) is 41.0 Å². The number of rotatable bonds is 1. The van der Waals surface area contributed by atoms with Gasteiger partial charge in [-0.1, -0.05) is 20.8 Å². The molecule has 0 radical (unpaired) electrons. The first-order chi connectivity index (χ1) is 7.18. The van der Waals surface area contributed by atoms with Gasteiger partial charge in [-0.15, -0.1) is 0 Å². The van der Waals surface area contributed by atoms with Crippen molar-refractivity contribution in [3.8, 4) is 6.07 Å². The largest absolute Gasteiger partial charge is 0.341 e. The monoisotopic (exact) mass is 222 g/mol. The van der Waals surface area contributed by atoms with Crippen molar-refractivity contribution < 1.29 is 4.79 Å². The van der Waals surface area contributed by atoms with Gasteiger partial charge in [0.05, 0.1) is 6.07 Å². The van der Waals surface area contributed by atoms with Gasteiger partial charge in [0.15, 0.2) is 0 Å². The number of carbonyl (C=O) groups is 1. The van der Waals surface area contributed by atoms with Crippen molar-refractivity contribution in [3.05, 3.63) is 0 Å². The second-order valence-electron chi connectivity index (χ2n) is 6.34. The maximum atomic E-state index is 12.1. The quantitative estimate of drug-likeness (QED) is 0.684. The SMILES string of the molecule is CC(C)(C#N)C(=O)N1CCC(C(C)(C)C)C1. The van der Waals surface area contributed by atoms with Crippen molar-refractivity contribution in [2.24, 2.45) is 16.7 Å². The molecule has 0 aromatic carbocycles. The van der Waals surface area contributed by atoms with Crippen LogP contribution < -0.4 is 0 Å². The number of amides is 1. The van der Waals surface area contributed by atoms with Gasteiger partial charge in [-0.3, -0.25) is 4.79 Å². The van der Waals surface area contributed by atoms with E-state index in [4.69, 9.17) is 5.26 Å². The number of hydrogen-bond acceptors (Lipinski definition) is 2. The third-order valence-electron chi connectivity index (χ3n) is 3.51. The molecule has 0 bridgehead atoms. The van der Waals surface area contributed by atoms with Gasteiger partial charge in [0.25, 0.3) is 0 Å². The highest BCUT2D eigenvalue weighted by molar-refractivity contribution is 5.84. The molecule has 0 saturated carbocycles. The molecular formula is C13H22N2O. The van der Waals surface area contributed by atoms with Gasteiger partial charge in [0.1, 0.15) is 5.41 Å². The normalized spacial score (nSPS) is 22.0. The van der Waals surface area contributed by atoms with E-state index in [0.29, 0.717) is 5.92 Å². The molecule has 1 atom stereocenters. The minimum atomic E-state index is -0.882. The van der Waals surface area contributed by atoms with Crippen LogP contribution >= 0.6 is 0 Å². The van der Waals surface area contributed by atoms with Gasteiger partial charge in [0.2, 0.25) is 5.91 Å². The first-order valence-corrected chi connectivity index (χ1v) is 5.89. The van der Waals surface area contributed by atoms with Gasteiger partial charge in [-0.2, -0.15) is 5.26 Å². The average molecular weight is 222 g/mol. The summed E-state index contributed by atoms with van der Waals surface area (Å²) < 4.78 is 0. The van der Waals surface area contributed by atoms with Crippen LogP contribution in [0.5, 0.6) is 0 Å². The van der Waals surface area contributed by atoms with E-state index >= 15 is 0 Å². The Morgan fingerprint density at radius 1 is 1.31 bits per heavy atom. The van der Waals surface area contributed by atoms with Crippen molar-refractivity contribution in [1.29, 1.82) is 5.26 Å². The molecule has 0 aromatic rings. The Hall–Kier alpha value is -1.04. The molecule has 1 heterocycles. The van der Waals surface area contributed by atoms with E-state index in [9.17, 15) is 4.79 Å². The Morgan fingerprint density at radius 3 is 2.25 bits per heavy atom. The summed E-state index contributed by atoms with van der Waals surface area (Å²) >= 11 is 0. The van der Waals surface area contributed by atoms with E-state index in [1.54, 1.807) is 13.8 Å². The summed E-state index contributed by atoms with van der Waals surface area (Å²) in [7, 11) is 0. The fourth-order valence-corrected chi connectivity index (χ4v) is 2.09. The molecule has 0 aliphatic carbocycles. The predicted octanol–water partition coefficient (Wildman–Crippen LogP) is 2.43. The maximum absolute atomic E-state index is 12.1. The van der Waals surface area contributed by atoms with Crippen molar-refractivity contribution in [2.75, 3.05) is 13.1 Å². The number of likely N-dealkylation sites (tertiary alicyclic amines) is 1. The molecule has 1 unspecified atom stereocenters. The highest BCUT2D eigenvalue weighted by Gasteiger charge is 2.39. The molecule has 1 saturated heterocycles. The first kappa shape index (κ1) is 13.0. The molecule has 0 spiro atoms. The zero-order valence-corrected chi connectivity index (χ0v) is 11.0. The number of hydrogen-bond donors (Lipinski definition) is 0. The Morgan fingerprint density at radius 2 is 1.88 bits per heavy atom. The molecule has 3 heteroatoms. The average Bonchev–Trinajstić information content (AvgIpc) is 2.64. The number of carbonyl (C=O) groups excluding carboxylic acids is 1. The molecule has 0 aromatic heterocycles. The molecule has 3 nitrogen and oxygen atoms in total.